The zero-order valence-electron chi connectivity index (χ0n) is 14.6. The molecule has 3 rings (SSSR count). The summed E-state index contributed by atoms with van der Waals surface area (Å²) in [7, 11) is 0. The summed E-state index contributed by atoms with van der Waals surface area (Å²) in [5, 5.41) is 0. The fourth-order valence-electron chi connectivity index (χ4n) is 3.54. The van der Waals surface area contributed by atoms with Gasteiger partial charge in [0, 0.05) is 32.6 Å². The largest absolute Gasteiger partial charge is 0.372 e. The summed E-state index contributed by atoms with van der Waals surface area (Å²) >= 11 is 0. The van der Waals surface area contributed by atoms with E-state index in [2.05, 4.69) is 0 Å². The molecular formula is C18H25N3O3. The van der Waals surface area contributed by atoms with Gasteiger partial charge >= 0.3 is 5.69 Å². The maximum atomic E-state index is 12.6. The van der Waals surface area contributed by atoms with Crippen molar-refractivity contribution in [3.05, 3.63) is 34.7 Å². The highest BCUT2D eigenvalue weighted by Gasteiger charge is 2.25. The van der Waals surface area contributed by atoms with E-state index in [1.165, 1.54) is 0 Å². The van der Waals surface area contributed by atoms with Crippen molar-refractivity contribution in [3.8, 4) is 0 Å². The van der Waals surface area contributed by atoms with Crippen LogP contribution in [0.2, 0.25) is 0 Å². The molecule has 1 saturated heterocycles. The lowest BCUT2D eigenvalue weighted by Gasteiger charge is -2.35. The van der Waals surface area contributed by atoms with Gasteiger partial charge in [0.05, 0.1) is 23.2 Å². The third kappa shape index (κ3) is 3.11. The van der Waals surface area contributed by atoms with Crippen molar-refractivity contribution in [2.24, 2.45) is 0 Å². The number of hydrogen-bond acceptors (Lipinski definition) is 3. The fourth-order valence-corrected chi connectivity index (χ4v) is 3.54. The number of aromatic nitrogens is 2. The van der Waals surface area contributed by atoms with E-state index < -0.39 is 0 Å². The van der Waals surface area contributed by atoms with Gasteiger partial charge in [0.25, 0.3) is 0 Å². The van der Waals surface area contributed by atoms with Crippen molar-refractivity contribution in [1.29, 1.82) is 0 Å². The minimum atomic E-state index is -0.0461. The molecule has 6 nitrogen and oxygen atoms in total. The van der Waals surface area contributed by atoms with E-state index in [1.54, 1.807) is 9.13 Å². The predicted molar refractivity (Wildman–Crippen MR) is 93.1 cm³/mol. The zero-order chi connectivity index (χ0) is 17.3. The van der Waals surface area contributed by atoms with Gasteiger partial charge in [-0.2, -0.15) is 0 Å². The van der Waals surface area contributed by atoms with Crippen LogP contribution in [0, 0.1) is 0 Å². The number of para-hydroxylation sites is 2. The third-order valence-corrected chi connectivity index (χ3v) is 4.56. The van der Waals surface area contributed by atoms with Gasteiger partial charge in [-0.1, -0.05) is 12.1 Å². The van der Waals surface area contributed by atoms with E-state index in [0.717, 1.165) is 11.0 Å². The molecule has 1 aliphatic heterocycles. The van der Waals surface area contributed by atoms with Crippen LogP contribution >= 0.6 is 0 Å². The summed E-state index contributed by atoms with van der Waals surface area (Å²) in [4.78, 5) is 27.0. The van der Waals surface area contributed by atoms with E-state index >= 15 is 0 Å². The number of ether oxygens (including phenoxy) is 1. The summed E-state index contributed by atoms with van der Waals surface area (Å²) < 4.78 is 9.13. The van der Waals surface area contributed by atoms with Crippen molar-refractivity contribution in [2.45, 2.75) is 52.5 Å². The minimum absolute atomic E-state index is 0.0461. The summed E-state index contributed by atoms with van der Waals surface area (Å²) in [5.41, 5.74) is 1.77. The molecular weight excluding hydrogens is 306 g/mol. The standard InChI is InChI=1S/C18H25N3O3/c1-4-20-15-7-5-6-8-16(15)21(18(20)23)10-9-17(22)19-11-13(2)24-14(3)12-19/h5-8,13-14H,4,9-12H2,1-3H3. The number of aryl methyl sites for hydroxylation is 2. The van der Waals surface area contributed by atoms with Gasteiger partial charge in [-0.05, 0) is 32.9 Å². The molecule has 6 heteroatoms. The van der Waals surface area contributed by atoms with Gasteiger partial charge in [-0.3, -0.25) is 13.9 Å². The molecule has 1 aromatic carbocycles. The van der Waals surface area contributed by atoms with Crippen molar-refractivity contribution in [2.75, 3.05) is 13.1 Å². The monoisotopic (exact) mass is 331 g/mol. The minimum Gasteiger partial charge on any atom is -0.372 e. The number of amides is 1. The van der Waals surface area contributed by atoms with E-state index in [0.29, 0.717) is 32.6 Å². The number of benzene rings is 1. The topological polar surface area (TPSA) is 56.5 Å². The number of nitrogens with zero attached hydrogens (tertiary/aromatic N) is 3. The smallest absolute Gasteiger partial charge is 0.329 e. The number of morpholine rings is 1. The maximum absolute atomic E-state index is 12.6. The molecule has 0 saturated carbocycles. The lowest BCUT2D eigenvalue weighted by Crippen LogP contribution is -2.48. The molecule has 1 amide bonds. The summed E-state index contributed by atoms with van der Waals surface area (Å²) in [6, 6.07) is 7.74. The Morgan fingerprint density at radius 2 is 1.71 bits per heavy atom. The molecule has 0 N–H and O–H groups in total. The van der Waals surface area contributed by atoms with Crippen molar-refractivity contribution >= 4 is 16.9 Å². The lowest BCUT2D eigenvalue weighted by atomic mass is 10.2. The molecule has 0 bridgehead atoms. The van der Waals surface area contributed by atoms with Crippen LogP contribution < -0.4 is 5.69 Å². The Labute approximate surface area is 141 Å². The molecule has 1 aliphatic rings. The number of rotatable bonds is 4. The van der Waals surface area contributed by atoms with Gasteiger partial charge in [-0.15, -0.1) is 0 Å². The molecule has 130 valence electrons. The van der Waals surface area contributed by atoms with E-state index in [1.807, 2.05) is 49.9 Å². The number of fused-ring (bicyclic) bond motifs is 1. The normalized spacial score (nSPS) is 21.4. The average Bonchev–Trinajstić information content (AvgIpc) is 2.82. The van der Waals surface area contributed by atoms with Gasteiger partial charge in [0.15, 0.2) is 0 Å². The Kier molecular flexibility index (Phi) is 4.76. The van der Waals surface area contributed by atoms with Crippen LogP contribution in [0.3, 0.4) is 0 Å². The molecule has 2 unspecified atom stereocenters. The SMILES string of the molecule is CCn1c(=O)n(CCC(=O)N2CC(C)OC(C)C2)c2ccccc21. The summed E-state index contributed by atoms with van der Waals surface area (Å²) in [5.74, 6) is 0.0808. The van der Waals surface area contributed by atoms with Crippen molar-refractivity contribution in [3.63, 3.8) is 0 Å². The van der Waals surface area contributed by atoms with Crippen molar-refractivity contribution < 1.29 is 9.53 Å². The Hall–Kier alpha value is -2.08. The second-order valence-corrected chi connectivity index (χ2v) is 6.47. The first-order chi connectivity index (χ1) is 11.5. The van der Waals surface area contributed by atoms with E-state index in [9.17, 15) is 9.59 Å². The molecule has 1 aromatic heterocycles. The van der Waals surface area contributed by atoms with Crippen LogP contribution in [0.4, 0.5) is 0 Å². The first-order valence-corrected chi connectivity index (χ1v) is 8.62. The lowest BCUT2D eigenvalue weighted by molar-refractivity contribution is -0.143. The highest BCUT2D eigenvalue weighted by Crippen LogP contribution is 2.15. The van der Waals surface area contributed by atoms with Gasteiger partial charge in [-0.25, -0.2) is 4.79 Å². The second kappa shape index (κ2) is 6.81. The van der Waals surface area contributed by atoms with Gasteiger partial charge in [0.1, 0.15) is 0 Å². The summed E-state index contributed by atoms with van der Waals surface area (Å²) in [6.07, 6.45) is 0.446. The molecule has 0 spiro atoms. The van der Waals surface area contributed by atoms with Crippen molar-refractivity contribution in [1.82, 2.24) is 14.0 Å². The maximum Gasteiger partial charge on any atom is 0.329 e. The Morgan fingerprint density at radius 3 is 2.29 bits per heavy atom. The van der Waals surface area contributed by atoms with Crippen LogP contribution in [0.1, 0.15) is 27.2 Å². The molecule has 0 radical (unpaired) electrons. The third-order valence-electron chi connectivity index (χ3n) is 4.56. The highest BCUT2D eigenvalue weighted by molar-refractivity contribution is 5.78. The Morgan fingerprint density at radius 1 is 1.12 bits per heavy atom. The molecule has 2 aromatic rings. The number of imidazole rings is 1. The van der Waals surface area contributed by atoms with Gasteiger partial charge in [0.2, 0.25) is 5.91 Å². The quantitative estimate of drug-likeness (QED) is 0.859. The Balaban J connectivity index is 1.77. The van der Waals surface area contributed by atoms with Crippen LogP contribution in [0.5, 0.6) is 0 Å². The van der Waals surface area contributed by atoms with E-state index in [-0.39, 0.29) is 23.8 Å². The Bertz CT molecular complexity index is 782. The predicted octanol–water partition coefficient (Wildman–Crippen LogP) is 1.85. The number of hydrogen-bond donors (Lipinski definition) is 0. The highest BCUT2D eigenvalue weighted by atomic mass is 16.5. The van der Waals surface area contributed by atoms with Crippen LogP contribution in [0.15, 0.2) is 29.1 Å². The van der Waals surface area contributed by atoms with E-state index in [4.69, 9.17) is 4.74 Å². The first kappa shape index (κ1) is 16.8. The molecule has 2 heterocycles. The zero-order valence-corrected chi connectivity index (χ0v) is 14.6. The fraction of sp³-hybridized carbons (Fsp3) is 0.556. The van der Waals surface area contributed by atoms with Crippen LogP contribution in [-0.4, -0.2) is 45.2 Å². The first-order valence-electron chi connectivity index (χ1n) is 8.62. The second-order valence-electron chi connectivity index (χ2n) is 6.47. The molecule has 2 atom stereocenters. The molecule has 0 aliphatic carbocycles. The molecule has 24 heavy (non-hydrogen) atoms. The number of carbonyl (C=O) groups is 1. The van der Waals surface area contributed by atoms with Crippen LogP contribution in [-0.2, 0) is 22.6 Å². The van der Waals surface area contributed by atoms with Crippen LogP contribution in [0.25, 0.3) is 11.0 Å². The van der Waals surface area contributed by atoms with Gasteiger partial charge < -0.3 is 9.64 Å². The average molecular weight is 331 g/mol. The number of carbonyl (C=O) groups excluding carboxylic acids is 1. The molecule has 1 fully saturated rings. The summed E-state index contributed by atoms with van der Waals surface area (Å²) in [6.45, 7) is 8.19.